The lowest BCUT2D eigenvalue weighted by molar-refractivity contribution is -0.297. The van der Waals surface area contributed by atoms with E-state index < -0.39 is 5.97 Å². The molecule has 0 aliphatic rings. The molecule has 0 bridgehead atoms. The number of thioether (sulfide) groups is 1. The fourth-order valence-electron chi connectivity index (χ4n) is 1.86. The van der Waals surface area contributed by atoms with Crippen molar-refractivity contribution in [3.63, 3.8) is 0 Å². The third-order valence-corrected chi connectivity index (χ3v) is 4.28. The second-order valence-corrected chi connectivity index (χ2v) is 6.43. The summed E-state index contributed by atoms with van der Waals surface area (Å²) in [7, 11) is 1.52. The van der Waals surface area contributed by atoms with Crippen molar-refractivity contribution in [3.8, 4) is 11.5 Å². The summed E-state index contributed by atoms with van der Waals surface area (Å²) in [5, 5.41) is 18.3. The number of nitrogens with zero attached hydrogens (tertiary/aromatic N) is 2. The molecular weight excluding hydrogens is 398 g/mol. The summed E-state index contributed by atoms with van der Waals surface area (Å²) in [6, 6.07) is 3.42. The summed E-state index contributed by atoms with van der Waals surface area (Å²) in [5.41, 5.74) is 0.612. The number of hydrogen-bond acceptors (Lipinski definition) is 7. The molecule has 0 spiro atoms. The quantitative estimate of drug-likeness (QED) is 0.549. The number of aromatic nitrogens is 3. The molecule has 24 heavy (non-hydrogen) atoms. The lowest BCUT2D eigenvalue weighted by Crippen LogP contribution is -2.23. The van der Waals surface area contributed by atoms with E-state index >= 15 is 0 Å². The molecular formula is C15H15BrN3O4S-. The number of carboxylic acids is 1. The van der Waals surface area contributed by atoms with Crippen LogP contribution < -0.4 is 14.6 Å². The van der Waals surface area contributed by atoms with Crippen molar-refractivity contribution in [1.82, 2.24) is 15.2 Å². The highest BCUT2D eigenvalue weighted by molar-refractivity contribution is 9.10. The van der Waals surface area contributed by atoms with Gasteiger partial charge in [0.2, 0.25) is 5.16 Å². The summed E-state index contributed by atoms with van der Waals surface area (Å²) in [5.74, 6) is 0.338. The van der Waals surface area contributed by atoms with Gasteiger partial charge in [-0.3, -0.25) is 5.10 Å². The van der Waals surface area contributed by atoms with Crippen LogP contribution in [0.1, 0.15) is 18.3 Å². The standard InChI is InChI=1S/C15H16BrN3O4S/c1-4-23-13-10(16)5-9(6-11(13)22-3)7-12(14(20)21)24-15-17-8(2)18-19-15/h5-7H,4H2,1-3H3,(H,20,21)(H,17,18,19)/p-1/b12-7+. The van der Waals surface area contributed by atoms with Crippen LogP contribution in [0.4, 0.5) is 0 Å². The highest BCUT2D eigenvalue weighted by atomic mass is 79.9. The first-order valence-electron chi connectivity index (χ1n) is 6.94. The Bertz CT molecular complexity index is 776. The first-order valence-corrected chi connectivity index (χ1v) is 8.55. The van der Waals surface area contributed by atoms with Gasteiger partial charge in [0.05, 0.1) is 24.2 Å². The van der Waals surface area contributed by atoms with E-state index in [0.717, 1.165) is 11.8 Å². The number of carbonyl (C=O) groups is 1. The zero-order chi connectivity index (χ0) is 17.7. The molecule has 0 unspecified atom stereocenters. The highest BCUT2D eigenvalue weighted by Gasteiger charge is 2.12. The average molecular weight is 413 g/mol. The van der Waals surface area contributed by atoms with Crippen molar-refractivity contribution in [2.45, 2.75) is 19.0 Å². The van der Waals surface area contributed by atoms with Gasteiger partial charge in [0.25, 0.3) is 0 Å². The molecule has 0 aliphatic heterocycles. The van der Waals surface area contributed by atoms with Gasteiger partial charge in [-0.25, -0.2) is 4.98 Å². The molecule has 1 heterocycles. The van der Waals surface area contributed by atoms with Gasteiger partial charge < -0.3 is 19.4 Å². The van der Waals surface area contributed by atoms with Gasteiger partial charge in [0.1, 0.15) is 5.82 Å². The Morgan fingerprint density at radius 1 is 1.50 bits per heavy atom. The summed E-state index contributed by atoms with van der Waals surface area (Å²) in [6.45, 7) is 4.08. The number of aromatic amines is 1. The van der Waals surface area contributed by atoms with Crippen molar-refractivity contribution in [1.29, 1.82) is 0 Å². The van der Waals surface area contributed by atoms with Crippen molar-refractivity contribution in [2.75, 3.05) is 13.7 Å². The first kappa shape index (κ1) is 18.3. The zero-order valence-corrected chi connectivity index (χ0v) is 15.7. The summed E-state index contributed by atoms with van der Waals surface area (Å²) >= 11 is 4.31. The van der Waals surface area contributed by atoms with Crippen molar-refractivity contribution < 1.29 is 19.4 Å². The number of rotatable bonds is 7. The maximum atomic E-state index is 11.4. The number of carboxylic acid groups (broad SMARTS) is 1. The van der Waals surface area contributed by atoms with Gasteiger partial charge in [0, 0.05) is 4.91 Å². The molecule has 2 aromatic rings. The monoisotopic (exact) mass is 412 g/mol. The second kappa shape index (κ2) is 8.20. The van der Waals surface area contributed by atoms with E-state index in [4.69, 9.17) is 9.47 Å². The Hall–Kier alpha value is -2.00. The minimum atomic E-state index is -1.31. The molecule has 7 nitrogen and oxygen atoms in total. The van der Waals surface area contributed by atoms with E-state index in [9.17, 15) is 9.90 Å². The van der Waals surface area contributed by atoms with Crippen LogP contribution in [0.5, 0.6) is 11.5 Å². The molecule has 0 fully saturated rings. The number of H-pyrrole nitrogens is 1. The Balaban J connectivity index is 2.38. The Morgan fingerprint density at radius 2 is 2.25 bits per heavy atom. The van der Waals surface area contributed by atoms with Crippen LogP contribution in [-0.4, -0.2) is 34.9 Å². The molecule has 1 N–H and O–H groups in total. The Morgan fingerprint density at radius 3 is 2.79 bits per heavy atom. The fraction of sp³-hybridized carbons (Fsp3) is 0.267. The third kappa shape index (κ3) is 4.51. The number of ether oxygens (including phenoxy) is 2. The van der Waals surface area contributed by atoms with Crippen LogP contribution >= 0.6 is 27.7 Å². The van der Waals surface area contributed by atoms with Crippen LogP contribution in [0.2, 0.25) is 0 Å². The third-order valence-electron chi connectivity index (χ3n) is 2.82. The highest BCUT2D eigenvalue weighted by Crippen LogP contribution is 2.38. The van der Waals surface area contributed by atoms with Crippen molar-refractivity contribution in [2.24, 2.45) is 0 Å². The number of carbonyl (C=O) groups excluding carboxylic acids is 1. The molecule has 0 atom stereocenters. The van der Waals surface area contributed by atoms with Crippen LogP contribution in [0.25, 0.3) is 6.08 Å². The SMILES string of the molecule is CCOc1c(Br)cc(/C=C(/Sc2n[nH]c(C)n2)C(=O)[O-])cc1OC. The minimum Gasteiger partial charge on any atom is -0.544 e. The maximum Gasteiger partial charge on any atom is 0.213 e. The number of halogens is 1. The molecule has 0 amide bonds. The number of aryl methyl sites for hydroxylation is 1. The molecule has 0 radical (unpaired) electrons. The van der Waals surface area contributed by atoms with Crippen molar-refractivity contribution in [3.05, 3.63) is 32.9 Å². The van der Waals surface area contributed by atoms with E-state index in [1.54, 1.807) is 19.1 Å². The Labute approximate surface area is 151 Å². The average Bonchev–Trinajstić information content (AvgIpc) is 2.94. The van der Waals surface area contributed by atoms with Gasteiger partial charge in [-0.05, 0) is 65.3 Å². The van der Waals surface area contributed by atoms with Crippen LogP contribution in [0, 0.1) is 6.92 Å². The molecule has 0 aliphatic carbocycles. The van der Waals surface area contributed by atoms with Crippen LogP contribution in [-0.2, 0) is 4.79 Å². The van der Waals surface area contributed by atoms with Crippen LogP contribution in [0.3, 0.4) is 0 Å². The number of hydrogen-bond donors (Lipinski definition) is 1. The summed E-state index contributed by atoms with van der Waals surface area (Å²) < 4.78 is 11.5. The zero-order valence-electron chi connectivity index (χ0n) is 13.3. The molecule has 0 saturated heterocycles. The first-order chi connectivity index (χ1) is 11.4. The normalized spacial score (nSPS) is 11.4. The van der Waals surface area contributed by atoms with Gasteiger partial charge in [0.15, 0.2) is 11.5 Å². The maximum absolute atomic E-state index is 11.4. The van der Waals surface area contributed by atoms with E-state index in [2.05, 4.69) is 31.1 Å². The molecule has 1 aromatic carbocycles. The van der Waals surface area contributed by atoms with Gasteiger partial charge in [-0.1, -0.05) is 0 Å². The molecule has 9 heteroatoms. The number of aliphatic carboxylic acids is 1. The smallest absolute Gasteiger partial charge is 0.213 e. The fourth-order valence-corrected chi connectivity index (χ4v) is 3.18. The number of methoxy groups -OCH3 is 1. The largest absolute Gasteiger partial charge is 0.544 e. The molecule has 128 valence electrons. The van der Waals surface area contributed by atoms with Gasteiger partial charge in [-0.15, -0.1) is 5.10 Å². The topological polar surface area (TPSA) is 100 Å². The second-order valence-electron chi connectivity index (χ2n) is 4.57. The van der Waals surface area contributed by atoms with Gasteiger partial charge >= 0.3 is 0 Å². The molecule has 0 saturated carbocycles. The molecule has 2 rings (SSSR count). The van der Waals surface area contributed by atoms with E-state index in [1.165, 1.54) is 13.2 Å². The van der Waals surface area contributed by atoms with E-state index in [1.807, 2.05) is 6.92 Å². The molecule has 1 aromatic heterocycles. The van der Waals surface area contributed by atoms with E-state index in [0.29, 0.717) is 39.1 Å². The van der Waals surface area contributed by atoms with Gasteiger partial charge in [-0.2, -0.15) is 0 Å². The summed E-state index contributed by atoms with van der Waals surface area (Å²) in [4.78, 5) is 15.4. The predicted octanol–water partition coefficient (Wildman–Crippen LogP) is 2.17. The number of benzene rings is 1. The lowest BCUT2D eigenvalue weighted by atomic mass is 10.2. The predicted molar refractivity (Wildman–Crippen MR) is 91.8 cm³/mol. The number of nitrogens with one attached hydrogen (secondary N) is 1. The lowest BCUT2D eigenvalue weighted by Gasteiger charge is -2.13. The minimum absolute atomic E-state index is 0.0212. The van der Waals surface area contributed by atoms with Crippen LogP contribution in [0.15, 0.2) is 26.7 Å². The Kier molecular flexibility index (Phi) is 6.27. The van der Waals surface area contributed by atoms with E-state index in [-0.39, 0.29) is 4.91 Å². The summed E-state index contributed by atoms with van der Waals surface area (Å²) in [6.07, 6.45) is 1.47. The van der Waals surface area contributed by atoms with Crippen molar-refractivity contribution >= 4 is 39.7 Å².